The van der Waals surface area contributed by atoms with Gasteiger partial charge in [0.1, 0.15) is 29.0 Å². The standard InChI is InChI=1S/C21H24FN7O.C13H24N2O2.C9H15NO3.C8H16N2.C4H9N/c1-13-8-29-12-15(5-17(22)20(29)25-13)26-21(30)18-6-24-19(7-23-18)28-10-14(11-28)9-27(2)16-3-4-16;1-13(2,3)17-12(16)15-8-10(9-15)7-14(4)11-5-6-11;1-9(2,3)13-8(12)10-4-7(5-10)6-11;1-10(8-2-3-8)6-7-4-9-5-7;1-5-4-2-3-4/h5-8,12,14,16H,3-4,9-11H2,1-2H3,(H,26,30);10-11H,5-9H2,1-4H3;6-7H,4-5H2,1-3H3;7-9H,2-6H2,1H3;4-5H,2-3H2,1H3. The molecule has 0 bridgehead atoms. The number of nitrogens with zero attached hydrogens (tertiary/aromatic N) is 10. The zero-order chi connectivity index (χ0) is 54.2. The predicted octanol–water partition coefficient (Wildman–Crippen LogP) is 6.02. The highest BCUT2D eigenvalue weighted by Crippen LogP contribution is 2.31. The number of hydrogen-bond donors (Lipinski definition) is 3. The van der Waals surface area contributed by atoms with Crippen LogP contribution in [-0.4, -0.2) is 204 Å². The SMILES string of the molecule is CC(C)(C)OC(=O)N1CC(C=O)C1.CN(CC1CN(C(=O)OC(C)(C)C)C1)C1CC1.CN(CC1CNC1)C1CC1.CNC1CC1.Cc1cn2cc(NC(=O)c3cnc(N4CC(CN(C)C5CC5)C4)cn3)cc(F)c2n1. The van der Waals surface area contributed by atoms with E-state index in [0.29, 0.717) is 36.3 Å². The molecular formula is C55H88FN13O6. The van der Waals surface area contributed by atoms with Crippen molar-refractivity contribution in [1.82, 2.24) is 54.5 Å². The molecule has 19 nitrogen and oxygen atoms in total. The van der Waals surface area contributed by atoms with Gasteiger partial charge in [-0.15, -0.1) is 0 Å². The normalized spacial score (nSPS) is 19.9. The van der Waals surface area contributed by atoms with Crippen LogP contribution in [0.2, 0.25) is 0 Å². The van der Waals surface area contributed by atoms with Gasteiger partial charge in [0.05, 0.1) is 29.7 Å². The van der Waals surface area contributed by atoms with Crippen LogP contribution in [0.3, 0.4) is 0 Å². The summed E-state index contributed by atoms with van der Waals surface area (Å²) in [6, 6.07) is 4.67. The van der Waals surface area contributed by atoms with E-state index in [1.54, 1.807) is 34.8 Å². The van der Waals surface area contributed by atoms with Crippen molar-refractivity contribution in [2.45, 2.75) is 135 Å². The van der Waals surface area contributed by atoms with E-state index in [9.17, 15) is 23.6 Å². The van der Waals surface area contributed by atoms with Crippen molar-refractivity contribution in [3.05, 3.63) is 48.1 Å². The topological polar surface area (TPSA) is 185 Å². The number of halogens is 1. The van der Waals surface area contributed by atoms with Crippen LogP contribution in [-0.2, 0) is 14.3 Å². The molecule has 3 N–H and O–H groups in total. The second-order valence-electron chi connectivity index (χ2n) is 24.3. The van der Waals surface area contributed by atoms with Gasteiger partial charge in [-0.3, -0.25) is 4.79 Å². The fraction of sp³-hybridized carbons (Fsp3) is 0.727. The number of amides is 3. The molecule has 3 aromatic rings. The minimum Gasteiger partial charge on any atom is -0.444 e. The lowest BCUT2D eigenvalue weighted by Crippen LogP contribution is -2.54. The number of anilines is 2. The Morgan fingerprint density at radius 1 is 0.733 bits per heavy atom. The van der Waals surface area contributed by atoms with Gasteiger partial charge in [0.25, 0.3) is 5.91 Å². The van der Waals surface area contributed by atoms with Gasteiger partial charge < -0.3 is 64.0 Å². The largest absolute Gasteiger partial charge is 0.444 e. The number of pyridine rings is 1. The molecule has 4 aliphatic carbocycles. The molecule has 7 heterocycles. The highest BCUT2D eigenvalue weighted by Gasteiger charge is 2.38. The zero-order valence-electron chi connectivity index (χ0n) is 46.8. The number of aldehydes is 1. The molecule has 4 saturated heterocycles. The van der Waals surface area contributed by atoms with E-state index in [2.05, 4.69) is 71.6 Å². The molecule has 0 radical (unpaired) electrons. The van der Waals surface area contributed by atoms with Crippen LogP contribution >= 0.6 is 0 Å². The van der Waals surface area contributed by atoms with Gasteiger partial charge >= 0.3 is 12.2 Å². The maximum atomic E-state index is 14.2. The molecule has 416 valence electrons. The first-order chi connectivity index (χ1) is 35.5. The zero-order valence-corrected chi connectivity index (χ0v) is 46.8. The van der Waals surface area contributed by atoms with Gasteiger partial charge in [0, 0.05) is 126 Å². The summed E-state index contributed by atoms with van der Waals surface area (Å²) in [6.45, 7) is 23.6. The molecule has 0 atom stereocenters. The molecule has 8 fully saturated rings. The summed E-state index contributed by atoms with van der Waals surface area (Å²) in [7, 11) is 8.66. The smallest absolute Gasteiger partial charge is 0.410 e. The van der Waals surface area contributed by atoms with Gasteiger partial charge in [-0.1, -0.05) is 0 Å². The number of fused-ring (bicyclic) bond motifs is 1. The summed E-state index contributed by atoms with van der Waals surface area (Å²) >= 11 is 0. The second kappa shape index (κ2) is 25.4. The van der Waals surface area contributed by atoms with Crippen LogP contribution in [0.15, 0.2) is 30.9 Å². The van der Waals surface area contributed by atoms with E-state index >= 15 is 0 Å². The van der Waals surface area contributed by atoms with Gasteiger partial charge in [-0.2, -0.15) is 0 Å². The predicted molar refractivity (Wildman–Crippen MR) is 290 cm³/mol. The number of carbonyl (C=O) groups is 4. The monoisotopic (exact) mass is 1050 g/mol. The first kappa shape index (κ1) is 57.7. The molecule has 3 aromatic heterocycles. The summed E-state index contributed by atoms with van der Waals surface area (Å²) in [5.74, 6) is 2.08. The highest BCUT2D eigenvalue weighted by molar-refractivity contribution is 6.02. The van der Waals surface area contributed by atoms with E-state index in [1.807, 2.05) is 48.6 Å². The van der Waals surface area contributed by atoms with E-state index < -0.39 is 17.3 Å². The molecule has 8 aliphatic rings. The van der Waals surface area contributed by atoms with Crippen molar-refractivity contribution < 1.29 is 33.0 Å². The maximum absolute atomic E-state index is 14.2. The summed E-state index contributed by atoms with van der Waals surface area (Å²) in [4.78, 5) is 71.4. The quantitative estimate of drug-likeness (QED) is 0.159. The van der Waals surface area contributed by atoms with Crippen molar-refractivity contribution >= 4 is 41.5 Å². The average molecular weight is 1050 g/mol. The van der Waals surface area contributed by atoms with E-state index in [1.165, 1.54) is 88.2 Å². The fourth-order valence-electron chi connectivity index (χ4n) is 9.22. The van der Waals surface area contributed by atoms with Crippen molar-refractivity contribution in [2.24, 2.45) is 23.7 Å². The molecule has 20 heteroatoms. The Morgan fingerprint density at radius 3 is 1.65 bits per heavy atom. The number of nitrogens with one attached hydrogen (secondary N) is 3. The number of carbonyl (C=O) groups excluding carboxylic acids is 4. The third-order valence-corrected chi connectivity index (χ3v) is 14.4. The Kier molecular flexibility index (Phi) is 19.6. The number of rotatable bonds is 14. The van der Waals surface area contributed by atoms with Gasteiger partial charge in [-0.05, 0) is 134 Å². The van der Waals surface area contributed by atoms with E-state index in [-0.39, 0.29) is 35.0 Å². The Balaban J connectivity index is 0.000000154. The molecule has 0 unspecified atom stereocenters. The van der Waals surface area contributed by atoms with Gasteiger partial charge in [0.15, 0.2) is 11.5 Å². The van der Waals surface area contributed by atoms with Crippen molar-refractivity contribution in [1.29, 1.82) is 0 Å². The lowest BCUT2D eigenvalue weighted by Gasteiger charge is -2.41. The highest BCUT2D eigenvalue weighted by atomic mass is 19.1. The van der Waals surface area contributed by atoms with Crippen LogP contribution in [0.1, 0.15) is 109 Å². The minimum absolute atomic E-state index is 0.00696. The molecule has 3 amide bonds. The van der Waals surface area contributed by atoms with Crippen LogP contribution in [0.4, 0.5) is 25.5 Å². The maximum Gasteiger partial charge on any atom is 0.410 e. The van der Waals surface area contributed by atoms with Crippen LogP contribution in [0.5, 0.6) is 0 Å². The Labute approximate surface area is 445 Å². The number of hydrogen-bond acceptors (Lipinski definition) is 15. The van der Waals surface area contributed by atoms with Gasteiger partial charge in [-0.25, -0.2) is 28.9 Å². The number of ether oxygens (including phenoxy) is 2. The van der Waals surface area contributed by atoms with E-state index in [0.717, 1.165) is 81.5 Å². The Morgan fingerprint density at radius 2 is 1.24 bits per heavy atom. The molecule has 11 rings (SSSR count). The Bertz CT molecular complexity index is 2340. The van der Waals surface area contributed by atoms with Gasteiger partial charge in [0.2, 0.25) is 0 Å². The summed E-state index contributed by atoms with van der Waals surface area (Å²) in [5, 5.41) is 9.11. The molecule has 0 aromatic carbocycles. The average Bonchev–Trinajstić information content (AvgIpc) is 4.09. The lowest BCUT2D eigenvalue weighted by atomic mass is 10.00. The van der Waals surface area contributed by atoms with Crippen LogP contribution in [0, 0.1) is 36.4 Å². The number of aryl methyl sites for hydroxylation is 1. The fourth-order valence-corrected chi connectivity index (χ4v) is 9.22. The molecule has 4 aliphatic heterocycles. The van der Waals surface area contributed by atoms with E-state index in [4.69, 9.17) is 9.47 Å². The minimum atomic E-state index is -0.498. The van der Waals surface area contributed by atoms with Crippen molar-refractivity contribution in [3.8, 4) is 0 Å². The van der Waals surface area contributed by atoms with Crippen molar-refractivity contribution in [2.75, 3.05) is 110 Å². The number of aromatic nitrogens is 4. The van der Waals surface area contributed by atoms with Crippen LogP contribution in [0.25, 0.3) is 5.65 Å². The molecule has 4 saturated carbocycles. The second-order valence-corrected chi connectivity index (χ2v) is 24.3. The molecular weight excluding hydrogens is 958 g/mol. The first-order valence-corrected chi connectivity index (χ1v) is 27.5. The lowest BCUT2D eigenvalue weighted by molar-refractivity contribution is -0.115. The third kappa shape index (κ3) is 18.6. The molecule has 75 heavy (non-hydrogen) atoms. The van der Waals surface area contributed by atoms with Crippen LogP contribution < -0.4 is 20.9 Å². The molecule has 0 spiro atoms. The number of imidazole rings is 1. The summed E-state index contributed by atoms with van der Waals surface area (Å²) < 4.78 is 26.2. The Hall–Kier alpha value is -5.02. The summed E-state index contributed by atoms with van der Waals surface area (Å²) in [6.07, 6.45) is 17.8. The van der Waals surface area contributed by atoms with Crippen molar-refractivity contribution in [3.63, 3.8) is 0 Å². The summed E-state index contributed by atoms with van der Waals surface area (Å²) in [5.41, 5.74) is 0.610. The first-order valence-electron chi connectivity index (χ1n) is 27.5. The number of likely N-dealkylation sites (tertiary alicyclic amines) is 2. The third-order valence-electron chi connectivity index (χ3n) is 14.4.